The zero-order chi connectivity index (χ0) is 21.6. The van der Waals surface area contributed by atoms with Gasteiger partial charge < -0.3 is 10.5 Å². The molecule has 1 aliphatic carbocycles. The first-order valence-corrected chi connectivity index (χ1v) is 9.32. The smallest absolute Gasteiger partial charge is 0.283 e. The number of nitriles is 1. The molecule has 0 spiro atoms. The molecule has 2 aliphatic rings. The molecule has 0 saturated heterocycles. The summed E-state index contributed by atoms with van der Waals surface area (Å²) in [7, 11) is 0. The first-order chi connectivity index (χ1) is 14.3. The Hall–Kier alpha value is -3.12. The number of ether oxygens (including phenoxy) is 1. The third-order valence-electron chi connectivity index (χ3n) is 5.26. The number of benzene rings is 1. The molecule has 2 N–H and O–H groups in total. The molecule has 1 aromatic heterocycles. The van der Waals surface area contributed by atoms with Crippen LogP contribution in [0.2, 0.25) is 5.02 Å². The third-order valence-corrected chi connectivity index (χ3v) is 5.55. The Morgan fingerprint density at radius 3 is 2.87 bits per heavy atom. The molecule has 3 atom stereocenters. The maximum absolute atomic E-state index is 14.7. The number of fused-ring (bicyclic) bond motifs is 1. The van der Waals surface area contributed by atoms with Crippen molar-refractivity contribution in [1.29, 1.82) is 5.26 Å². The van der Waals surface area contributed by atoms with E-state index in [0.29, 0.717) is 0 Å². The Balaban J connectivity index is 1.70. The van der Waals surface area contributed by atoms with Crippen molar-refractivity contribution in [3.63, 3.8) is 0 Å². The Labute approximate surface area is 174 Å². The monoisotopic (exact) mass is 434 g/mol. The maximum Gasteiger partial charge on any atom is 0.283 e. The first kappa shape index (κ1) is 20.2. The molecule has 154 valence electrons. The number of nitrogens with two attached hydrogens (primary N) is 1. The quantitative estimate of drug-likeness (QED) is 0.727. The van der Waals surface area contributed by atoms with E-state index in [9.17, 15) is 18.0 Å². The molecule has 1 aliphatic heterocycles. The van der Waals surface area contributed by atoms with Crippen LogP contribution in [0.15, 0.2) is 35.5 Å². The molecule has 0 radical (unpaired) electrons. The van der Waals surface area contributed by atoms with Gasteiger partial charge >= 0.3 is 0 Å². The Morgan fingerprint density at radius 2 is 2.20 bits per heavy atom. The minimum atomic E-state index is -3.02. The predicted octanol–water partition coefficient (Wildman–Crippen LogP) is 3.36. The minimum Gasteiger partial charge on any atom is -0.462 e. The number of amidine groups is 1. The molecule has 0 bridgehead atoms. The molecule has 10 heteroatoms. The Kier molecular flexibility index (Phi) is 4.90. The van der Waals surface area contributed by atoms with E-state index in [2.05, 4.69) is 9.98 Å². The van der Waals surface area contributed by atoms with E-state index in [-0.39, 0.29) is 40.2 Å². The van der Waals surface area contributed by atoms with Crippen LogP contribution >= 0.6 is 11.6 Å². The number of nitrogens with zero attached hydrogens (tertiary/aromatic N) is 3. The highest BCUT2D eigenvalue weighted by Crippen LogP contribution is 2.56. The van der Waals surface area contributed by atoms with E-state index in [4.69, 9.17) is 27.3 Å². The van der Waals surface area contributed by atoms with Gasteiger partial charge in [-0.3, -0.25) is 9.78 Å². The first-order valence-electron chi connectivity index (χ1n) is 8.94. The van der Waals surface area contributed by atoms with Crippen LogP contribution in [0.1, 0.15) is 33.6 Å². The van der Waals surface area contributed by atoms with Gasteiger partial charge in [0.2, 0.25) is 0 Å². The van der Waals surface area contributed by atoms with Gasteiger partial charge in [-0.2, -0.15) is 5.26 Å². The summed E-state index contributed by atoms with van der Waals surface area (Å²) in [4.78, 5) is 20.3. The second-order valence-electron chi connectivity index (χ2n) is 7.15. The molecule has 0 amide bonds. The number of ketones is 1. The van der Waals surface area contributed by atoms with Crippen LogP contribution in [-0.4, -0.2) is 29.3 Å². The van der Waals surface area contributed by atoms with E-state index in [1.54, 1.807) is 0 Å². The topological polar surface area (TPSA) is 101 Å². The summed E-state index contributed by atoms with van der Waals surface area (Å²) in [5.74, 6) is -2.09. The van der Waals surface area contributed by atoms with Crippen molar-refractivity contribution in [2.24, 2.45) is 16.6 Å². The molecule has 30 heavy (non-hydrogen) atoms. The molecule has 0 unspecified atom stereocenters. The number of pyridine rings is 1. The average molecular weight is 435 g/mol. The third kappa shape index (κ3) is 3.27. The number of halogens is 4. The van der Waals surface area contributed by atoms with Gasteiger partial charge in [0.1, 0.15) is 23.7 Å². The Morgan fingerprint density at radius 1 is 1.43 bits per heavy atom. The van der Waals surface area contributed by atoms with Crippen molar-refractivity contribution in [3.8, 4) is 6.07 Å². The van der Waals surface area contributed by atoms with Crippen molar-refractivity contribution in [2.75, 3.05) is 0 Å². The summed E-state index contributed by atoms with van der Waals surface area (Å²) in [5.41, 5.74) is 3.47. The number of hydrogen-bond acceptors (Lipinski definition) is 6. The Bertz CT molecular complexity index is 1120. The minimum absolute atomic E-state index is 0.00643. The lowest BCUT2D eigenvalue weighted by molar-refractivity contribution is 0.0176. The van der Waals surface area contributed by atoms with Gasteiger partial charge in [-0.1, -0.05) is 17.7 Å². The van der Waals surface area contributed by atoms with Crippen LogP contribution in [0.25, 0.3) is 0 Å². The largest absolute Gasteiger partial charge is 0.462 e. The molecule has 2 heterocycles. The van der Waals surface area contributed by atoms with Crippen LogP contribution in [0.4, 0.5) is 13.2 Å². The summed E-state index contributed by atoms with van der Waals surface area (Å²) in [5, 5.41) is 8.85. The van der Waals surface area contributed by atoms with Gasteiger partial charge in [0.15, 0.2) is 11.3 Å². The van der Waals surface area contributed by atoms with Crippen LogP contribution in [0.3, 0.4) is 0 Å². The second-order valence-corrected chi connectivity index (χ2v) is 7.56. The van der Waals surface area contributed by atoms with Crippen molar-refractivity contribution < 1.29 is 22.7 Å². The van der Waals surface area contributed by atoms with E-state index in [0.717, 1.165) is 6.07 Å². The van der Waals surface area contributed by atoms with E-state index >= 15 is 0 Å². The fourth-order valence-corrected chi connectivity index (χ4v) is 4.03. The van der Waals surface area contributed by atoms with Crippen LogP contribution in [0, 0.1) is 23.1 Å². The van der Waals surface area contributed by atoms with Crippen LogP contribution < -0.4 is 5.73 Å². The number of carbonyl (C=O) groups is 1. The number of Topliss-reactive ketones (excluding diaryl/α,β-unsaturated/α-hetero) is 1. The van der Waals surface area contributed by atoms with Crippen molar-refractivity contribution in [1.82, 2.24) is 4.98 Å². The molecule has 1 aromatic carbocycles. The standard InChI is InChI=1S/C20H14ClF3N4O2/c21-13-4-10(7-25)8-27-17(13)15(29)5-9-1-2-14(22)11(3-9)20(18(23)24)12-6-16(12)30-19(26)28-20/h1-4,8,12,16,18H,5-6H2,(H2,26,28)/t12-,16+,20+/m0/s1. The van der Waals surface area contributed by atoms with Crippen molar-refractivity contribution >= 4 is 23.4 Å². The lowest BCUT2D eigenvalue weighted by Crippen LogP contribution is -2.43. The summed E-state index contributed by atoms with van der Waals surface area (Å²) in [6.07, 6.45) is -2.34. The van der Waals surface area contributed by atoms with Gasteiger partial charge in [0.25, 0.3) is 12.4 Å². The average Bonchev–Trinajstić information content (AvgIpc) is 3.48. The number of rotatable bonds is 5. The van der Waals surface area contributed by atoms with Gasteiger partial charge in [0.05, 0.1) is 10.6 Å². The van der Waals surface area contributed by atoms with Crippen LogP contribution in [0.5, 0.6) is 0 Å². The molecule has 2 aromatic rings. The highest BCUT2D eigenvalue weighted by molar-refractivity contribution is 6.33. The normalized spacial score (nSPS) is 24.5. The SMILES string of the molecule is N#Cc1cnc(C(=O)Cc2ccc(F)c([C@@]3(C(F)F)N=C(N)O[C@@H]4C[C@@H]43)c2)c(Cl)c1. The lowest BCUT2D eigenvalue weighted by atomic mass is 9.83. The number of aliphatic imine (C=N–C) groups is 1. The van der Waals surface area contributed by atoms with Crippen molar-refractivity contribution in [2.45, 2.75) is 30.9 Å². The zero-order valence-corrected chi connectivity index (χ0v) is 16.0. The predicted molar refractivity (Wildman–Crippen MR) is 101 cm³/mol. The number of alkyl halides is 2. The number of hydrogen-bond donors (Lipinski definition) is 1. The fraction of sp³-hybridized carbons (Fsp3) is 0.300. The maximum atomic E-state index is 14.7. The summed E-state index contributed by atoms with van der Waals surface area (Å²) in [6, 6.07) is 6.29. The molecular formula is C20H14ClF3N4O2. The van der Waals surface area contributed by atoms with Gasteiger partial charge in [-0.25, -0.2) is 18.2 Å². The van der Waals surface area contributed by atoms with Gasteiger partial charge in [-0.15, -0.1) is 0 Å². The number of aromatic nitrogens is 1. The lowest BCUT2D eigenvalue weighted by Gasteiger charge is -2.33. The molecule has 4 rings (SSSR count). The molecular weight excluding hydrogens is 421 g/mol. The van der Waals surface area contributed by atoms with E-state index < -0.39 is 41.6 Å². The molecule has 1 saturated carbocycles. The van der Waals surface area contributed by atoms with Gasteiger partial charge in [0, 0.05) is 24.1 Å². The van der Waals surface area contributed by atoms with Crippen LogP contribution in [-0.2, 0) is 16.7 Å². The van der Waals surface area contributed by atoms with Crippen molar-refractivity contribution in [3.05, 3.63) is 63.7 Å². The molecule has 1 fully saturated rings. The highest BCUT2D eigenvalue weighted by atomic mass is 35.5. The zero-order valence-electron chi connectivity index (χ0n) is 15.3. The summed E-state index contributed by atoms with van der Waals surface area (Å²) >= 11 is 6.01. The highest BCUT2D eigenvalue weighted by Gasteiger charge is 2.64. The summed E-state index contributed by atoms with van der Waals surface area (Å²) < 4.78 is 48.2. The van der Waals surface area contributed by atoms with E-state index in [1.165, 1.54) is 24.4 Å². The fourth-order valence-electron chi connectivity index (χ4n) is 3.76. The van der Waals surface area contributed by atoms with Gasteiger partial charge in [-0.05, 0) is 30.2 Å². The molecule has 6 nitrogen and oxygen atoms in total. The van der Waals surface area contributed by atoms with E-state index in [1.807, 2.05) is 6.07 Å². The number of carbonyl (C=O) groups excluding carboxylic acids is 1. The second kappa shape index (κ2) is 7.29. The summed E-state index contributed by atoms with van der Waals surface area (Å²) in [6.45, 7) is 0.